The van der Waals surface area contributed by atoms with Crippen LogP contribution in [-0.4, -0.2) is 48.5 Å². The summed E-state index contributed by atoms with van der Waals surface area (Å²) < 4.78 is 31.4. The van der Waals surface area contributed by atoms with Crippen molar-refractivity contribution in [2.75, 3.05) is 26.8 Å². The molecule has 0 radical (unpaired) electrons. The van der Waals surface area contributed by atoms with E-state index >= 15 is 0 Å². The molecule has 1 aliphatic rings. The Balaban J connectivity index is 1.71. The Bertz CT molecular complexity index is 1470. The Hall–Kier alpha value is -4.24. The molecule has 43 heavy (non-hydrogen) atoms. The van der Waals surface area contributed by atoms with Gasteiger partial charge in [-0.2, -0.15) is 0 Å². The van der Waals surface area contributed by atoms with Crippen LogP contribution in [0, 0.1) is 5.82 Å². The predicted molar refractivity (Wildman–Crippen MR) is 164 cm³/mol. The molecular weight excluding hydrogens is 573 g/mol. The van der Waals surface area contributed by atoms with Crippen LogP contribution in [0.25, 0.3) is 0 Å². The quantitative estimate of drug-likeness (QED) is 0.242. The third kappa shape index (κ3) is 7.05. The molecule has 1 atom stereocenters. The number of hydrogen-bond acceptors (Lipinski definition) is 5. The number of ether oxygens (including phenoxy) is 3. The maximum Gasteiger partial charge on any atom is 0.322 e. The van der Waals surface area contributed by atoms with Gasteiger partial charge < -0.3 is 24.4 Å². The average molecular weight is 610 g/mol. The molecule has 4 rings (SSSR count). The van der Waals surface area contributed by atoms with Crippen LogP contribution >= 0.6 is 11.6 Å². The highest BCUT2D eigenvalue weighted by Crippen LogP contribution is 2.38. The summed E-state index contributed by atoms with van der Waals surface area (Å²) >= 11 is 6.18. The number of rotatable bonds is 12. The molecular formula is C33H37ClFN3O5. The summed E-state index contributed by atoms with van der Waals surface area (Å²) in [5.74, 6) is 0.859. The van der Waals surface area contributed by atoms with Crippen molar-refractivity contribution in [3.63, 3.8) is 0 Å². The molecule has 0 saturated heterocycles. The molecule has 0 bridgehead atoms. The Labute approximate surface area is 257 Å². The van der Waals surface area contributed by atoms with Gasteiger partial charge in [0.15, 0.2) is 11.5 Å². The number of hydrogen-bond donors (Lipinski definition) is 1. The number of urea groups is 1. The SMILES string of the molecule is CCOc1cc(C2NC(=O)N(Cc3ccc(OC)cc3)C(C)=C2C(=O)N(CC)CC)ccc1OCc1c(F)cccc1Cl. The first kappa shape index (κ1) is 31.7. The van der Waals surface area contributed by atoms with Gasteiger partial charge >= 0.3 is 6.03 Å². The second-order valence-electron chi connectivity index (χ2n) is 9.92. The van der Waals surface area contributed by atoms with Crippen LogP contribution in [0.3, 0.4) is 0 Å². The third-order valence-electron chi connectivity index (χ3n) is 7.41. The van der Waals surface area contributed by atoms with Crippen molar-refractivity contribution in [3.8, 4) is 17.2 Å². The summed E-state index contributed by atoms with van der Waals surface area (Å²) in [6, 6.07) is 16.0. The average Bonchev–Trinajstić information content (AvgIpc) is 3.00. The molecule has 1 heterocycles. The minimum atomic E-state index is -0.734. The molecule has 3 amide bonds. The van der Waals surface area contributed by atoms with Crippen LogP contribution in [0.2, 0.25) is 5.02 Å². The highest BCUT2D eigenvalue weighted by atomic mass is 35.5. The molecule has 0 spiro atoms. The zero-order chi connectivity index (χ0) is 31.1. The van der Waals surface area contributed by atoms with Gasteiger partial charge in [0, 0.05) is 24.4 Å². The molecule has 10 heteroatoms. The van der Waals surface area contributed by atoms with Gasteiger partial charge in [-0.1, -0.05) is 35.9 Å². The molecule has 228 valence electrons. The number of amides is 3. The number of benzene rings is 3. The van der Waals surface area contributed by atoms with Crippen molar-refractivity contribution in [1.82, 2.24) is 15.1 Å². The number of allylic oxidation sites excluding steroid dienone is 1. The highest BCUT2D eigenvalue weighted by Gasteiger charge is 2.37. The number of carbonyl (C=O) groups is 2. The zero-order valence-electron chi connectivity index (χ0n) is 25.1. The molecule has 1 N–H and O–H groups in total. The van der Waals surface area contributed by atoms with E-state index in [2.05, 4.69) is 5.32 Å². The summed E-state index contributed by atoms with van der Waals surface area (Å²) in [6.45, 7) is 9.02. The number of likely N-dealkylation sites (N-methyl/N-ethyl adjacent to an activating group) is 1. The number of nitrogens with one attached hydrogen (secondary N) is 1. The van der Waals surface area contributed by atoms with Gasteiger partial charge in [-0.25, -0.2) is 9.18 Å². The number of halogens is 2. The molecule has 1 unspecified atom stereocenters. The maximum absolute atomic E-state index is 14.3. The monoisotopic (exact) mass is 609 g/mol. The van der Waals surface area contributed by atoms with E-state index in [1.807, 2.05) is 45.0 Å². The van der Waals surface area contributed by atoms with Crippen LogP contribution in [0.5, 0.6) is 17.2 Å². The van der Waals surface area contributed by atoms with Crippen molar-refractivity contribution in [1.29, 1.82) is 0 Å². The van der Waals surface area contributed by atoms with Gasteiger partial charge in [0.2, 0.25) is 0 Å². The molecule has 0 aromatic heterocycles. The van der Waals surface area contributed by atoms with E-state index in [0.717, 1.165) is 5.56 Å². The second kappa shape index (κ2) is 14.3. The Morgan fingerprint density at radius 2 is 1.74 bits per heavy atom. The normalized spacial score (nSPS) is 14.8. The number of carbonyl (C=O) groups excluding carboxylic acids is 2. The van der Waals surface area contributed by atoms with Gasteiger partial charge in [-0.05, 0) is 75.2 Å². The van der Waals surface area contributed by atoms with Gasteiger partial charge in [0.1, 0.15) is 18.2 Å². The Kier molecular flexibility index (Phi) is 10.5. The Morgan fingerprint density at radius 1 is 1.02 bits per heavy atom. The standard InChI is InChI=1S/C33H37ClFN3O5/c1-6-37(7-2)32(39)30-21(4)38(19-22-12-15-24(41-5)16-13-22)33(40)36-31(30)23-14-17-28(29(18-23)42-8-3)43-20-25-26(34)10-9-11-27(25)35/h9-18,31H,6-8,19-20H2,1-5H3,(H,36,40). The maximum atomic E-state index is 14.3. The summed E-state index contributed by atoms with van der Waals surface area (Å²) in [6.07, 6.45) is 0. The van der Waals surface area contributed by atoms with E-state index in [1.165, 1.54) is 12.1 Å². The number of methoxy groups -OCH3 is 1. The van der Waals surface area contributed by atoms with Crippen LogP contribution in [0.4, 0.5) is 9.18 Å². The lowest BCUT2D eigenvalue weighted by Crippen LogP contribution is -2.49. The van der Waals surface area contributed by atoms with E-state index in [9.17, 15) is 14.0 Å². The van der Waals surface area contributed by atoms with Crippen molar-refractivity contribution in [2.24, 2.45) is 0 Å². The van der Waals surface area contributed by atoms with Crippen LogP contribution < -0.4 is 19.5 Å². The molecule has 3 aromatic carbocycles. The first-order valence-electron chi connectivity index (χ1n) is 14.3. The van der Waals surface area contributed by atoms with E-state index < -0.39 is 11.9 Å². The lowest BCUT2D eigenvalue weighted by molar-refractivity contribution is -0.127. The topological polar surface area (TPSA) is 80.3 Å². The van der Waals surface area contributed by atoms with E-state index in [0.29, 0.717) is 53.8 Å². The van der Waals surface area contributed by atoms with E-state index in [1.54, 1.807) is 48.1 Å². The fourth-order valence-electron chi connectivity index (χ4n) is 5.01. The fraction of sp³-hybridized carbons (Fsp3) is 0.333. The van der Waals surface area contributed by atoms with Gasteiger partial charge in [0.05, 0.1) is 36.9 Å². The summed E-state index contributed by atoms with van der Waals surface area (Å²) in [5, 5.41) is 3.31. The molecule has 8 nitrogen and oxygen atoms in total. The van der Waals surface area contributed by atoms with Crippen LogP contribution in [0.15, 0.2) is 71.9 Å². The van der Waals surface area contributed by atoms with Crippen LogP contribution in [0.1, 0.15) is 50.4 Å². The summed E-state index contributed by atoms with van der Waals surface area (Å²) in [5.41, 5.74) is 2.79. The fourth-order valence-corrected chi connectivity index (χ4v) is 5.22. The minimum absolute atomic E-state index is 0.101. The molecule has 0 aliphatic carbocycles. The van der Waals surface area contributed by atoms with Crippen molar-refractivity contribution in [2.45, 2.75) is 46.9 Å². The number of nitrogens with zero attached hydrogens (tertiary/aromatic N) is 2. The minimum Gasteiger partial charge on any atom is -0.497 e. The van der Waals surface area contributed by atoms with Crippen molar-refractivity contribution >= 4 is 23.5 Å². The second-order valence-corrected chi connectivity index (χ2v) is 10.3. The molecule has 3 aromatic rings. The predicted octanol–water partition coefficient (Wildman–Crippen LogP) is 6.87. The van der Waals surface area contributed by atoms with E-state index in [-0.39, 0.29) is 35.7 Å². The smallest absolute Gasteiger partial charge is 0.322 e. The summed E-state index contributed by atoms with van der Waals surface area (Å²) in [7, 11) is 1.60. The largest absolute Gasteiger partial charge is 0.497 e. The van der Waals surface area contributed by atoms with Gasteiger partial charge in [0.25, 0.3) is 5.91 Å². The molecule has 1 aliphatic heterocycles. The first-order valence-corrected chi connectivity index (χ1v) is 14.6. The lowest BCUT2D eigenvalue weighted by atomic mass is 9.93. The molecule has 0 fully saturated rings. The highest BCUT2D eigenvalue weighted by molar-refractivity contribution is 6.31. The van der Waals surface area contributed by atoms with Gasteiger partial charge in [-0.15, -0.1) is 0 Å². The molecule has 0 saturated carbocycles. The zero-order valence-corrected chi connectivity index (χ0v) is 25.8. The van der Waals surface area contributed by atoms with E-state index in [4.69, 9.17) is 25.8 Å². The summed E-state index contributed by atoms with van der Waals surface area (Å²) in [4.78, 5) is 30.7. The Morgan fingerprint density at radius 3 is 2.37 bits per heavy atom. The van der Waals surface area contributed by atoms with Crippen LogP contribution in [-0.2, 0) is 17.9 Å². The lowest BCUT2D eigenvalue weighted by Gasteiger charge is -2.37. The van der Waals surface area contributed by atoms with Crippen molar-refractivity contribution in [3.05, 3.63) is 99.5 Å². The van der Waals surface area contributed by atoms with Crippen molar-refractivity contribution < 1.29 is 28.2 Å². The third-order valence-corrected chi connectivity index (χ3v) is 7.77. The van der Waals surface area contributed by atoms with Gasteiger partial charge in [-0.3, -0.25) is 9.69 Å². The first-order chi connectivity index (χ1) is 20.7.